The zero-order valence-electron chi connectivity index (χ0n) is 10.9. The van der Waals surface area contributed by atoms with Crippen molar-refractivity contribution < 1.29 is 9.84 Å². The molecule has 0 amide bonds. The lowest BCUT2D eigenvalue weighted by molar-refractivity contribution is -0.00725. The number of thiol groups is 1. The molecule has 0 aromatic carbocycles. The van der Waals surface area contributed by atoms with Crippen LogP contribution < -0.4 is 0 Å². The van der Waals surface area contributed by atoms with Gasteiger partial charge in [-0.2, -0.15) is 12.6 Å². The summed E-state index contributed by atoms with van der Waals surface area (Å²) in [6, 6.07) is 0. The van der Waals surface area contributed by atoms with Crippen LogP contribution in [-0.4, -0.2) is 61.1 Å². The van der Waals surface area contributed by atoms with E-state index in [1.807, 2.05) is 22.6 Å². The molecule has 0 aliphatic carbocycles. The van der Waals surface area contributed by atoms with E-state index in [4.69, 9.17) is 10.1 Å². The lowest BCUT2D eigenvalue weighted by Crippen LogP contribution is -2.51. The van der Waals surface area contributed by atoms with Crippen LogP contribution in [-0.2, 0) is 4.74 Å². The maximum Gasteiger partial charge on any atom is 0.194 e. The number of ether oxygens (including phenoxy) is 1. The highest BCUT2D eigenvalue weighted by atomic mass is 127. The van der Waals surface area contributed by atoms with Crippen LogP contribution in [0.3, 0.4) is 0 Å². The molecule has 1 fully saturated rings. The number of halogens is 1. The third-order valence-electron chi connectivity index (χ3n) is 3.73. The first-order valence-corrected chi connectivity index (χ1v) is 7.72. The molecule has 0 aromatic heterocycles. The highest BCUT2D eigenvalue weighted by Crippen LogP contribution is 2.34. The van der Waals surface area contributed by atoms with Crippen molar-refractivity contribution in [2.24, 2.45) is 15.0 Å². The van der Waals surface area contributed by atoms with Gasteiger partial charge in [0.05, 0.1) is 23.8 Å². The average molecular weight is 407 g/mol. The predicted octanol–water partition coefficient (Wildman–Crippen LogP) is 0.673. The topological polar surface area (TPSA) is 93.6 Å². The average Bonchev–Trinajstić information content (AvgIpc) is 2.84. The van der Waals surface area contributed by atoms with Gasteiger partial charge in [-0.3, -0.25) is 15.3 Å². The third-order valence-corrected chi connectivity index (χ3v) is 4.78. The summed E-state index contributed by atoms with van der Waals surface area (Å²) >= 11 is 6.40. The minimum absolute atomic E-state index is 0.146. The normalized spacial score (nSPS) is 43.6. The number of nitrogens with one attached hydrogen (secondary N) is 1. The fraction of sp³-hybridized carbons (Fsp3) is 0.636. The van der Waals surface area contributed by atoms with Crippen LogP contribution in [0, 0.1) is 5.41 Å². The number of fused-ring (bicyclic) bond motifs is 1. The van der Waals surface area contributed by atoms with Crippen molar-refractivity contribution in [1.82, 2.24) is 4.90 Å². The van der Waals surface area contributed by atoms with Gasteiger partial charge in [0.1, 0.15) is 0 Å². The summed E-state index contributed by atoms with van der Waals surface area (Å²) in [5.74, 6) is 0.736. The molecule has 3 aliphatic heterocycles. The van der Waals surface area contributed by atoms with Gasteiger partial charge in [0.15, 0.2) is 27.3 Å². The van der Waals surface area contributed by atoms with Crippen LogP contribution in [0.5, 0.6) is 0 Å². The number of nitrogens with zero attached hydrogens (tertiary/aromatic N) is 4. The van der Waals surface area contributed by atoms with Crippen molar-refractivity contribution >= 4 is 57.1 Å². The summed E-state index contributed by atoms with van der Waals surface area (Å²) in [5, 5.41) is 17.6. The number of hydrogen-bond donors (Lipinski definition) is 3. The molecule has 3 heterocycles. The van der Waals surface area contributed by atoms with Crippen molar-refractivity contribution in [3.8, 4) is 0 Å². The number of aliphatic imine (C=N–C) groups is 3. The third kappa shape index (κ3) is 1.94. The Hall–Kier alpha value is -0.520. The van der Waals surface area contributed by atoms with Crippen molar-refractivity contribution in [1.29, 1.82) is 5.41 Å². The maximum absolute atomic E-state index is 9.98. The van der Waals surface area contributed by atoms with Crippen molar-refractivity contribution in [3.05, 3.63) is 0 Å². The fourth-order valence-corrected chi connectivity index (χ4v) is 3.36. The lowest BCUT2D eigenvalue weighted by atomic mass is 9.99. The van der Waals surface area contributed by atoms with E-state index >= 15 is 0 Å². The maximum atomic E-state index is 9.98. The largest absolute Gasteiger partial charge is 0.389 e. The molecule has 0 radical (unpaired) electrons. The Morgan fingerprint density at radius 3 is 2.85 bits per heavy atom. The molecule has 108 valence electrons. The first-order chi connectivity index (χ1) is 9.34. The summed E-state index contributed by atoms with van der Waals surface area (Å²) < 4.78 is 6.23. The van der Waals surface area contributed by atoms with Gasteiger partial charge in [0, 0.05) is 22.6 Å². The number of rotatable bonds is 1. The van der Waals surface area contributed by atoms with E-state index in [1.54, 1.807) is 25.1 Å². The Labute approximate surface area is 135 Å². The first kappa shape index (κ1) is 14.4. The van der Waals surface area contributed by atoms with Crippen LogP contribution in [0.4, 0.5) is 0 Å². The van der Waals surface area contributed by atoms with Gasteiger partial charge >= 0.3 is 0 Å². The molecule has 7 nitrogen and oxygen atoms in total. The Morgan fingerprint density at radius 1 is 1.55 bits per heavy atom. The Balaban J connectivity index is 1.96. The van der Waals surface area contributed by atoms with E-state index in [0.717, 1.165) is 0 Å². The van der Waals surface area contributed by atoms with Gasteiger partial charge in [0.2, 0.25) is 0 Å². The fourth-order valence-electron chi connectivity index (χ4n) is 2.43. The Kier molecular flexibility index (Phi) is 3.42. The van der Waals surface area contributed by atoms with Crippen LogP contribution in [0.1, 0.15) is 13.8 Å². The summed E-state index contributed by atoms with van der Waals surface area (Å²) in [6.45, 7) is 3.59. The highest BCUT2D eigenvalue weighted by Gasteiger charge is 2.51. The number of aliphatic hydroxyl groups excluding tert-OH is 1. The predicted molar refractivity (Wildman–Crippen MR) is 88.5 cm³/mol. The second kappa shape index (κ2) is 4.75. The van der Waals surface area contributed by atoms with Gasteiger partial charge in [-0.25, -0.2) is 9.98 Å². The van der Waals surface area contributed by atoms with E-state index in [2.05, 4.69) is 27.6 Å². The van der Waals surface area contributed by atoms with Crippen LogP contribution in [0.25, 0.3) is 0 Å². The summed E-state index contributed by atoms with van der Waals surface area (Å²) in [4.78, 5) is 14.5. The molecule has 1 unspecified atom stereocenters. The molecule has 0 aromatic rings. The molecule has 1 saturated heterocycles. The molecule has 20 heavy (non-hydrogen) atoms. The number of aliphatic hydroxyl groups is 1. The van der Waals surface area contributed by atoms with Crippen molar-refractivity contribution in [2.45, 2.75) is 43.1 Å². The Morgan fingerprint density at radius 2 is 2.25 bits per heavy atom. The molecular weight excluding hydrogens is 393 g/mol. The van der Waals surface area contributed by atoms with E-state index in [1.165, 1.54) is 0 Å². The lowest BCUT2D eigenvalue weighted by Gasteiger charge is -2.31. The van der Waals surface area contributed by atoms with Crippen LogP contribution in [0.15, 0.2) is 15.0 Å². The van der Waals surface area contributed by atoms with Crippen molar-refractivity contribution in [3.63, 3.8) is 0 Å². The molecule has 2 N–H and O–H groups in total. The highest BCUT2D eigenvalue weighted by molar-refractivity contribution is 14.1. The quantitative estimate of drug-likeness (QED) is 0.339. The second-order valence-electron chi connectivity index (χ2n) is 5.10. The molecule has 3 aliphatic rings. The summed E-state index contributed by atoms with van der Waals surface area (Å²) in [5.41, 5.74) is -0.887. The van der Waals surface area contributed by atoms with E-state index in [9.17, 15) is 5.11 Å². The number of hydrogen-bond acceptors (Lipinski definition) is 7. The second-order valence-corrected chi connectivity index (χ2v) is 6.66. The van der Waals surface area contributed by atoms with Gasteiger partial charge in [0.25, 0.3) is 0 Å². The monoisotopic (exact) mass is 407 g/mol. The van der Waals surface area contributed by atoms with Crippen molar-refractivity contribution in [2.75, 3.05) is 0 Å². The summed E-state index contributed by atoms with van der Waals surface area (Å²) in [7, 11) is 0. The van der Waals surface area contributed by atoms with Gasteiger partial charge in [-0.1, -0.05) is 0 Å². The molecule has 0 bridgehead atoms. The Bertz CT molecular complexity index is 565. The zero-order valence-corrected chi connectivity index (χ0v) is 13.9. The van der Waals surface area contributed by atoms with Crippen LogP contribution in [0.2, 0.25) is 0 Å². The first-order valence-electron chi connectivity index (χ1n) is 6.12. The minimum Gasteiger partial charge on any atom is -0.389 e. The molecule has 0 saturated carbocycles. The zero-order chi connectivity index (χ0) is 14.7. The molecular formula is C11H14IN5O2S. The van der Waals surface area contributed by atoms with Gasteiger partial charge in [-0.05, 0) is 13.8 Å². The molecule has 9 heteroatoms. The smallest absolute Gasteiger partial charge is 0.194 e. The van der Waals surface area contributed by atoms with E-state index in [-0.39, 0.29) is 17.2 Å². The summed E-state index contributed by atoms with van der Waals surface area (Å²) in [6.07, 6.45) is 0.179. The van der Waals surface area contributed by atoms with Gasteiger partial charge in [-0.15, -0.1) is 0 Å². The molecule has 0 spiro atoms. The number of amidine groups is 3. The standard InChI is InChI=1S/C11H14IN5O2S/c1-4-5(18)6(20)7(19-4)17-3-14-11(2)8(13)15-10(12)16-9(11)17/h3-7,13,18,20H,1-2H3/t4-,5-,6-,7-,11?/m1/s1. The molecule has 3 rings (SSSR count). The minimum atomic E-state index is -0.887. The molecule has 5 atom stereocenters. The van der Waals surface area contributed by atoms with Gasteiger partial charge < -0.3 is 9.84 Å². The van der Waals surface area contributed by atoms with E-state index < -0.39 is 17.9 Å². The van der Waals surface area contributed by atoms with Crippen LogP contribution >= 0.6 is 35.2 Å². The van der Waals surface area contributed by atoms with E-state index in [0.29, 0.717) is 9.68 Å². The SMILES string of the molecule is C[C@H]1O[C@@H](N2C=NC3(C)C(=N)N=C(I)N=C23)[C@H](S)[C@@H]1O.